The van der Waals surface area contributed by atoms with Gasteiger partial charge in [-0.2, -0.15) is 0 Å². The smallest absolute Gasteiger partial charge is 0.309 e. The molecular formula is C12H19O4-. The van der Waals surface area contributed by atoms with E-state index >= 15 is 0 Å². The Morgan fingerprint density at radius 1 is 1.31 bits per heavy atom. The topological polar surface area (TPSA) is 66.4 Å². The molecule has 4 heteroatoms. The van der Waals surface area contributed by atoms with Gasteiger partial charge in [0.15, 0.2) is 0 Å². The van der Waals surface area contributed by atoms with Crippen molar-refractivity contribution in [1.29, 1.82) is 0 Å². The maximum Gasteiger partial charge on any atom is 0.309 e. The number of carbonyl (C=O) groups excluding carboxylic acids is 2. The number of carbonyl (C=O) groups is 2. The fraction of sp³-hybridized carbons (Fsp3) is 0.833. The Hall–Kier alpha value is -1.06. The number of rotatable bonds is 5. The SMILES string of the molecule is COC(=O)[C@@H](CC(=O)[O-])CC1CCCCC1. The molecule has 0 saturated heterocycles. The first-order valence-corrected chi connectivity index (χ1v) is 5.91. The molecule has 16 heavy (non-hydrogen) atoms. The third-order valence-electron chi connectivity index (χ3n) is 3.29. The lowest BCUT2D eigenvalue weighted by molar-refractivity contribution is -0.306. The Kier molecular flexibility index (Phi) is 5.29. The molecule has 1 saturated carbocycles. The fourth-order valence-electron chi connectivity index (χ4n) is 2.46. The van der Waals surface area contributed by atoms with Gasteiger partial charge in [-0.05, 0) is 12.3 Å². The molecule has 1 fully saturated rings. The van der Waals surface area contributed by atoms with E-state index < -0.39 is 17.9 Å². The zero-order valence-electron chi connectivity index (χ0n) is 9.74. The number of hydrogen-bond acceptors (Lipinski definition) is 4. The summed E-state index contributed by atoms with van der Waals surface area (Å²) in [6.07, 6.45) is 6.22. The summed E-state index contributed by atoms with van der Waals surface area (Å²) in [5, 5.41) is 10.6. The molecule has 1 aliphatic rings. The molecule has 0 amide bonds. The first-order valence-electron chi connectivity index (χ1n) is 5.91. The van der Waals surface area contributed by atoms with Gasteiger partial charge in [0.2, 0.25) is 0 Å². The van der Waals surface area contributed by atoms with Gasteiger partial charge in [0, 0.05) is 12.4 Å². The largest absolute Gasteiger partial charge is 0.550 e. The van der Waals surface area contributed by atoms with Gasteiger partial charge in [-0.1, -0.05) is 32.1 Å². The summed E-state index contributed by atoms with van der Waals surface area (Å²) in [7, 11) is 1.30. The van der Waals surface area contributed by atoms with Crippen molar-refractivity contribution < 1.29 is 19.4 Å². The Bertz CT molecular complexity index is 243. The van der Waals surface area contributed by atoms with E-state index in [9.17, 15) is 14.7 Å². The third-order valence-corrected chi connectivity index (χ3v) is 3.29. The van der Waals surface area contributed by atoms with Crippen molar-refractivity contribution in [3.05, 3.63) is 0 Å². The van der Waals surface area contributed by atoms with Gasteiger partial charge < -0.3 is 14.6 Å². The van der Waals surface area contributed by atoms with E-state index in [1.54, 1.807) is 0 Å². The average Bonchev–Trinajstić information content (AvgIpc) is 2.28. The van der Waals surface area contributed by atoms with Crippen LogP contribution in [0.15, 0.2) is 0 Å². The monoisotopic (exact) mass is 227 g/mol. The molecule has 0 bridgehead atoms. The second-order valence-corrected chi connectivity index (χ2v) is 4.54. The van der Waals surface area contributed by atoms with Crippen LogP contribution in [-0.4, -0.2) is 19.0 Å². The minimum Gasteiger partial charge on any atom is -0.550 e. The van der Waals surface area contributed by atoms with Crippen LogP contribution in [0.3, 0.4) is 0 Å². The molecule has 0 aromatic heterocycles. The predicted molar refractivity (Wildman–Crippen MR) is 56.3 cm³/mol. The molecule has 1 rings (SSSR count). The fourth-order valence-corrected chi connectivity index (χ4v) is 2.46. The minimum absolute atomic E-state index is 0.219. The lowest BCUT2D eigenvalue weighted by Crippen LogP contribution is -2.30. The summed E-state index contributed by atoms with van der Waals surface area (Å²) in [6, 6.07) is 0. The van der Waals surface area contributed by atoms with Gasteiger partial charge in [0.25, 0.3) is 0 Å². The van der Waals surface area contributed by atoms with Crippen molar-refractivity contribution in [3.63, 3.8) is 0 Å². The molecule has 0 spiro atoms. The molecule has 1 aliphatic carbocycles. The molecule has 1 atom stereocenters. The maximum absolute atomic E-state index is 11.4. The van der Waals surface area contributed by atoms with E-state index in [4.69, 9.17) is 0 Å². The number of carboxylic acids is 1. The molecule has 0 heterocycles. The van der Waals surface area contributed by atoms with Crippen molar-refractivity contribution in [2.24, 2.45) is 11.8 Å². The minimum atomic E-state index is -1.17. The average molecular weight is 227 g/mol. The van der Waals surface area contributed by atoms with E-state index in [1.165, 1.54) is 26.4 Å². The highest BCUT2D eigenvalue weighted by Gasteiger charge is 2.24. The summed E-state index contributed by atoms with van der Waals surface area (Å²) in [5.41, 5.74) is 0. The van der Waals surface area contributed by atoms with Crippen LogP contribution in [0.1, 0.15) is 44.9 Å². The molecule has 0 unspecified atom stereocenters. The highest BCUT2D eigenvalue weighted by Crippen LogP contribution is 2.30. The molecule has 92 valence electrons. The first-order chi connectivity index (χ1) is 7.63. The number of methoxy groups -OCH3 is 1. The third kappa shape index (κ3) is 4.21. The van der Waals surface area contributed by atoms with Crippen LogP contribution in [0.4, 0.5) is 0 Å². The summed E-state index contributed by atoms with van der Waals surface area (Å²) in [4.78, 5) is 22.0. The van der Waals surface area contributed by atoms with Crippen molar-refractivity contribution in [2.45, 2.75) is 44.9 Å². The van der Waals surface area contributed by atoms with Gasteiger partial charge in [-0.3, -0.25) is 4.79 Å². The highest BCUT2D eigenvalue weighted by atomic mass is 16.5. The molecule has 0 radical (unpaired) electrons. The van der Waals surface area contributed by atoms with Crippen LogP contribution in [0.25, 0.3) is 0 Å². The van der Waals surface area contributed by atoms with Crippen molar-refractivity contribution in [2.75, 3.05) is 7.11 Å². The zero-order valence-corrected chi connectivity index (χ0v) is 9.74. The van der Waals surface area contributed by atoms with Gasteiger partial charge in [0.1, 0.15) is 0 Å². The van der Waals surface area contributed by atoms with Crippen molar-refractivity contribution in [3.8, 4) is 0 Å². The Morgan fingerprint density at radius 3 is 2.44 bits per heavy atom. The van der Waals surface area contributed by atoms with Crippen LogP contribution >= 0.6 is 0 Å². The lowest BCUT2D eigenvalue weighted by atomic mass is 9.82. The summed E-state index contributed by atoms with van der Waals surface area (Å²) in [5.74, 6) is -1.66. The van der Waals surface area contributed by atoms with E-state index in [-0.39, 0.29) is 6.42 Å². The van der Waals surface area contributed by atoms with Crippen LogP contribution in [0.5, 0.6) is 0 Å². The van der Waals surface area contributed by atoms with Gasteiger partial charge in [0.05, 0.1) is 13.0 Å². The number of ether oxygens (including phenoxy) is 1. The van der Waals surface area contributed by atoms with E-state index in [0.29, 0.717) is 12.3 Å². The molecule has 0 aromatic rings. The Labute approximate surface area is 96.0 Å². The number of esters is 1. The Balaban J connectivity index is 2.47. The van der Waals surface area contributed by atoms with Gasteiger partial charge >= 0.3 is 5.97 Å². The molecule has 0 aromatic carbocycles. The first kappa shape index (κ1) is 13.0. The molecular weight excluding hydrogens is 208 g/mol. The lowest BCUT2D eigenvalue weighted by Gasteiger charge is -2.25. The Morgan fingerprint density at radius 2 is 1.94 bits per heavy atom. The summed E-state index contributed by atoms with van der Waals surface area (Å²) in [6.45, 7) is 0. The maximum atomic E-state index is 11.4. The standard InChI is InChI=1S/C12H20O4/c1-16-12(15)10(8-11(13)14)7-9-5-3-2-4-6-9/h9-10H,2-8H2,1H3,(H,13,14)/p-1/t10-/m1/s1. The highest BCUT2D eigenvalue weighted by molar-refractivity contribution is 5.78. The van der Waals surface area contributed by atoms with Gasteiger partial charge in [-0.15, -0.1) is 0 Å². The zero-order chi connectivity index (χ0) is 12.0. The van der Waals surface area contributed by atoms with Gasteiger partial charge in [-0.25, -0.2) is 0 Å². The predicted octanol–water partition coefficient (Wildman–Crippen LogP) is 0.886. The van der Waals surface area contributed by atoms with Crippen molar-refractivity contribution >= 4 is 11.9 Å². The quantitative estimate of drug-likeness (QED) is 0.654. The summed E-state index contributed by atoms with van der Waals surface area (Å²) >= 11 is 0. The van der Waals surface area contributed by atoms with Crippen molar-refractivity contribution in [1.82, 2.24) is 0 Å². The molecule has 0 aliphatic heterocycles. The number of carboxylic acid groups (broad SMARTS) is 1. The van der Waals surface area contributed by atoms with Crippen LogP contribution in [-0.2, 0) is 14.3 Å². The van der Waals surface area contributed by atoms with Crippen LogP contribution < -0.4 is 5.11 Å². The van der Waals surface area contributed by atoms with E-state index in [1.807, 2.05) is 0 Å². The number of aliphatic carboxylic acids is 1. The summed E-state index contributed by atoms with van der Waals surface area (Å²) < 4.78 is 4.62. The molecule has 4 nitrogen and oxygen atoms in total. The molecule has 0 N–H and O–H groups in total. The van der Waals surface area contributed by atoms with Crippen LogP contribution in [0, 0.1) is 11.8 Å². The van der Waals surface area contributed by atoms with Crippen LogP contribution in [0.2, 0.25) is 0 Å². The second kappa shape index (κ2) is 6.51. The van der Waals surface area contributed by atoms with E-state index in [2.05, 4.69) is 4.74 Å². The number of hydrogen-bond donors (Lipinski definition) is 0. The normalized spacial score (nSPS) is 19.1. The van der Waals surface area contributed by atoms with E-state index in [0.717, 1.165) is 12.8 Å². The second-order valence-electron chi connectivity index (χ2n) is 4.54.